The van der Waals surface area contributed by atoms with Gasteiger partial charge in [0.15, 0.2) is 5.69 Å². The molecule has 2 aromatic heterocycles. The lowest BCUT2D eigenvalue weighted by Crippen LogP contribution is -2.10. The highest BCUT2D eigenvalue weighted by Gasteiger charge is 2.37. The van der Waals surface area contributed by atoms with E-state index in [0.717, 1.165) is 4.68 Å². The molecule has 0 radical (unpaired) electrons. The molecule has 1 aromatic carbocycles. The molecule has 2 heterocycles. The molecule has 0 bridgehead atoms. The molecule has 0 saturated carbocycles. The lowest BCUT2D eigenvalue weighted by molar-refractivity contribution is -0.139. The topological polar surface area (TPSA) is 56.7 Å². The minimum atomic E-state index is -4.67. The predicted octanol–water partition coefficient (Wildman–Crippen LogP) is 5.29. The Kier molecular flexibility index (Phi) is 4.06. The third-order valence-corrected chi connectivity index (χ3v) is 4.50. The van der Waals surface area contributed by atoms with Gasteiger partial charge in [-0.1, -0.05) is 34.8 Å². The number of fused-ring (bicyclic) bond motifs is 1. The van der Waals surface area contributed by atoms with Gasteiger partial charge in [-0.2, -0.15) is 18.3 Å². The summed E-state index contributed by atoms with van der Waals surface area (Å²) in [5.41, 5.74) is 5.33. The summed E-state index contributed by atoms with van der Waals surface area (Å²) in [4.78, 5) is 3.56. The first-order valence-corrected chi connectivity index (χ1v) is 7.61. The predicted molar refractivity (Wildman–Crippen MR) is 88.0 cm³/mol. The van der Waals surface area contributed by atoms with Crippen LogP contribution in [0.15, 0.2) is 18.2 Å². The number of nitrogen functional groups attached to an aromatic ring is 1. The second kappa shape index (κ2) is 5.68. The first kappa shape index (κ1) is 17.1. The molecule has 0 atom stereocenters. The molecule has 24 heavy (non-hydrogen) atoms. The molecule has 0 spiro atoms. The van der Waals surface area contributed by atoms with Crippen molar-refractivity contribution in [3.8, 4) is 5.69 Å². The minimum Gasteiger partial charge on any atom is -0.383 e. The van der Waals surface area contributed by atoms with Crippen molar-refractivity contribution in [2.75, 3.05) is 5.73 Å². The van der Waals surface area contributed by atoms with Gasteiger partial charge in [-0.05, 0) is 25.1 Å². The molecule has 0 fully saturated rings. The number of aromatic nitrogens is 3. The molecule has 0 saturated heterocycles. The van der Waals surface area contributed by atoms with Crippen molar-refractivity contribution in [1.29, 1.82) is 0 Å². The van der Waals surface area contributed by atoms with Crippen LogP contribution < -0.4 is 5.73 Å². The van der Waals surface area contributed by atoms with Crippen molar-refractivity contribution in [2.24, 2.45) is 0 Å². The van der Waals surface area contributed by atoms with E-state index in [1.807, 2.05) is 0 Å². The third-order valence-electron chi connectivity index (χ3n) is 3.30. The van der Waals surface area contributed by atoms with Crippen LogP contribution in [0.5, 0.6) is 0 Å². The highest BCUT2D eigenvalue weighted by molar-refractivity contribution is 6.48. The average Bonchev–Trinajstić information content (AvgIpc) is 2.79. The van der Waals surface area contributed by atoms with Crippen LogP contribution in [0.2, 0.25) is 15.1 Å². The summed E-state index contributed by atoms with van der Waals surface area (Å²) in [6, 6.07) is 4.23. The quantitative estimate of drug-likeness (QED) is 0.570. The van der Waals surface area contributed by atoms with E-state index >= 15 is 0 Å². The number of alkyl halides is 3. The van der Waals surface area contributed by atoms with E-state index in [1.165, 1.54) is 25.1 Å². The maximum Gasteiger partial charge on any atom is 0.434 e. The zero-order valence-electron chi connectivity index (χ0n) is 11.9. The van der Waals surface area contributed by atoms with Gasteiger partial charge < -0.3 is 5.73 Å². The lowest BCUT2D eigenvalue weighted by atomic mass is 10.2. The van der Waals surface area contributed by atoms with E-state index in [-0.39, 0.29) is 43.2 Å². The van der Waals surface area contributed by atoms with Gasteiger partial charge in [0, 0.05) is 5.69 Å². The summed E-state index contributed by atoms with van der Waals surface area (Å²) in [6.07, 6.45) is -4.67. The molecular weight excluding hydrogens is 388 g/mol. The summed E-state index contributed by atoms with van der Waals surface area (Å²) < 4.78 is 40.9. The fraction of sp³-hybridized carbons (Fsp3) is 0.143. The number of nitrogens with zero attached hydrogens (tertiary/aromatic N) is 3. The summed E-state index contributed by atoms with van der Waals surface area (Å²) in [5.74, 6) is -0.223. The van der Waals surface area contributed by atoms with Crippen molar-refractivity contribution in [3.05, 3.63) is 44.7 Å². The van der Waals surface area contributed by atoms with Crippen LogP contribution in [0.1, 0.15) is 11.4 Å². The molecule has 0 aliphatic rings. The molecule has 0 unspecified atom stereocenters. The van der Waals surface area contributed by atoms with Crippen LogP contribution in [0.25, 0.3) is 16.6 Å². The standard InChI is InChI=1S/C14H8Cl3F3N4/c1-5-2-9-10(12(22-5)14(18,19)20)13(21)24(23-9)6-3-7(15)11(17)8(16)4-6/h2-4H,21H2,1H3. The number of pyridine rings is 1. The van der Waals surface area contributed by atoms with Crippen LogP contribution >= 0.6 is 34.8 Å². The Balaban J connectivity index is 2.34. The minimum absolute atomic E-state index is 0.0644. The number of aryl methyl sites for hydroxylation is 1. The Morgan fingerprint density at radius 3 is 2.21 bits per heavy atom. The number of rotatable bonds is 1. The maximum absolute atomic E-state index is 13.3. The monoisotopic (exact) mass is 394 g/mol. The number of hydrogen-bond donors (Lipinski definition) is 1. The highest BCUT2D eigenvalue weighted by atomic mass is 35.5. The largest absolute Gasteiger partial charge is 0.434 e. The van der Waals surface area contributed by atoms with Gasteiger partial charge in [0.2, 0.25) is 0 Å². The van der Waals surface area contributed by atoms with Gasteiger partial charge in [-0.3, -0.25) is 0 Å². The highest BCUT2D eigenvalue weighted by Crippen LogP contribution is 2.38. The van der Waals surface area contributed by atoms with Gasteiger partial charge in [-0.15, -0.1) is 0 Å². The molecule has 0 amide bonds. The Morgan fingerprint density at radius 1 is 1.08 bits per heavy atom. The first-order chi connectivity index (χ1) is 11.1. The van der Waals surface area contributed by atoms with Crippen LogP contribution in [0.4, 0.5) is 19.0 Å². The number of halogens is 6. The van der Waals surface area contributed by atoms with E-state index in [1.54, 1.807) is 0 Å². The van der Waals surface area contributed by atoms with Crippen molar-refractivity contribution in [3.63, 3.8) is 0 Å². The van der Waals surface area contributed by atoms with E-state index < -0.39 is 11.9 Å². The first-order valence-electron chi connectivity index (χ1n) is 6.47. The van der Waals surface area contributed by atoms with Gasteiger partial charge >= 0.3 is 6.18 Å². The SMILES string of the molecule is Cc1cc2nn(-c3cc(Cl)c(Cl)c(Cl)c3)c(N)c2c(C(F)(F)F)n1. The normalized spacial score (nSPS) is 12.1. The molecule has 0 aliphatic heterocycles. The summed E-state index contributed by atoms with van der Waals surface area (Å²) >= 11 is 17.8. The molecule has 126 valence electrons. The molecule has 3 rings (SSSR count). The van der Waals surface area contributed by atoms with Gasteiger partial charge in [0.25, 0.3) is 0 Å². The van der Waals surface area contributed by atoms with Crippen molar-refractivity contribution in [1.82, 2.24) is 14.8 Å². The third kappa shape index (κ3) is 2.76. The molecule has 3 aromatic rings. The summed E-state index contributed by atoms with van der Waals surface area (Å²) in [7, 11) is 0. The lowest BCUT2D eigenvalue weighted by Gasteiger charge is -2.09. The van der Waals surface area contributed by atoms with Crippen molar-refractivity contribution < 1.29 is 13.2 Å². The van der Waals surface area contributed by atoms with Crippen molar-refractivity contribution in [2.45, 2.75) is 13.1 Å². The zero-order valence-corrected chi connectivity index (χ0v) is 14.2. The van der Waals surface area contributed by atoms with E-state index in [9.17, 15) is 13.2 Å². The zero-order chi connectivity index (χ0) is 17.8. The molecule has 0 aliphatic carbocycles. The molecular formula is C14H8Cl3F3N4. The number of hydrogen-bond acceptors (Lipinski definition) is 3. The van der Waals surface area contributed by atoms with Crippen LogP contribution in [0, 0.1) is 6.92 Å². The fourth-order valence-electron chi connectivity index (χ4n) is 2.32. The average molecular weight is 396 g/mol. The second-order valence-electron chi connectivity index (χ2n) is 5.02. The van der Waals surface area contributed by atoms with Crippen LogP contribution in [0.3, 0.4) is 0 Å². The maximum atomic E-state index is 13.3. The number of benzene rings is 1. The van der Waals surface area contributed by atoms with E-state index in [2.05, 4.69) is 10.1 Å². The Labute approximate surface area is 148 Å². The van der Waals surface area contributed by atoms with Crippen LogP contribution in [-0.4, -0.2) is 14.8 Å². The smallest absolute Gasteiger partial charge is 0.383 e. The Bertz CT molecular complexity index is 943. The molecule has 10 heteroatoms. The molecule has 2 N–H and O–H groups in total. The Morgan fingerprint density at radius 2 is 1.67 bits per heavy atom. The number of anilines is 1. The van der Waals surface area contributed by atoms with E-state index in [0.29, 0.717) is 0 Å². The second-order valence-corrected chi connectivity index (χ2v) is 6.22. The molecule has 4 nitrogen and oxygen atoms in total. The van der Waals surface area contributed by atoms with Crippen molar-refractivity contribution >= 4 is 51.5 Å². The number of nitrogens with two attached hydrogens (primary N) is 1. The van der Waals surface area contributed by atoms with Crippen LogP contribution in [-0.2, 0) is 6.18 Å². The summed E-state index contributed by atoms with van der Waals surface area (Å²) in [6.45, 7) is 1.44. The van der Waals surface area contributed by atoms with E-state index in [4.69, 9.17) is 40.5 Å². The van der Waals surface area contributed by atoms with Gasteiger partial charge in [-0.25, -0.2) is 9.67 Å². The fourth-order valence-corrected chi connectivity index (χ4v) is 2.91. The summed E-state index contributed by atoms with van der Waals surface area (Å²) in [5, 5.41) is 4.23. The van der Waals surface area contributed by atoms with Gasteiger partial charge in [0.05, 0.1) is 31.7 Å². The Hall–Kier alpha value is -1.70. The van der Waals surface area contributed by atoms with Gasteiger partial charge in [0.1, 0.15) is 5.82 Å².